The lowest BCUT2D eigenvalue weighted by Crippen LogP contribution is -2.47. The smallest absolute Gasteiger partial charge is 0.498 e. The molecule has 0 unspecified atom stereocenters. The van der Waals surface area contributed by atoms with Crippen LogP contribution < -0.4 is 0 Å². The Morgan fingerprint density at radius 1 is 1.26 bits per heavy atom. The summed E-state index contributed by atoms with van der Waals surface area (Å²) < 4.78 is 10.6. The molecule has 1 N–H and O–H groups in total. The molecule has 1 fully saturated rings. The van der Waals surface area contributed by atoms with Crippen molar-refractivity contribution in [1.82, 2.24) is 4.90 Å². The second-order valence-corrected chi connectivity index (χ2v) is 5.55. The Morgan fingerprint density at radius 3 is 2.35 bits per heavy atom. The quantitative estimate of drug-likeness (QED) is 0.638. The van der Waals surface area contributed by atoms with Gasteiger partial charge in [0.2, 0.25) is 0 Å². The van der Waals surface area contributed by atoms with E-state index in [-0.39, 0.29) is 19.5 Å². The molecule has 23 heavy (non-hydrogen) atoms. The third-order valence-corrected chi connectivity index (χ3v) is 3.59. The molecule has 0 saturated carbocycles. The number of nitrogens with zero attached hydrogens (tertiary/aromatic N) is 1. The molecule has 1 aliphatic heterocycles. The van der Waals surface area contributed by atoms with Gasteiger partial charge >= 0.3 is 19.1 Å². The van der Waals surface area contributed by atoms with Crippen molar-refractivity contribution >= 4 is 19.1 Å². The van der Waals surface area contributed by atoms with Gasteiger partial charge in [-0.25, -0.2) is 0 Å². The van der Waals surface area contributed by atoms with Crippen molar-refractivity contribution in [2.75, 3.05) is 20.1 Å². The summed E-state index contributed by atoms with van der Waals surface area (Å²) >= 11 is 0. The summed E-state index contributed by atoms with van der Waals surface area (Å²) in [6.45, 7) is 3.59. The van der Waals surface area contributed by atoms with Crippen LogP contribution in [0.3, 0.4) is 0 Å². The SMILES string of the molecule is C=CC[C@@H](O)[C@H](B1OC(=O)CN(C)CC(=O)O1)c1ccccc1. The monoisotopic (exact) mass is 317 g/mol. The lowest BCUT2D eigenvalue weighted by molar-refractivity contribution is -0.146. The third-order valence-electron chi connectivity index (χ3n) is 3.59. The molecule has 1 aromatic rings. The van der Waals surface area contributed by atoms with E-state index in [2.05, 4.69) is 6.58 Å². The van der Waals surface area contributed by atoms with Crippen LogP contribution in [0.5, 0.6) is 0 Å². The van der Waals surface area contributed by atoms with Crippen LogP contribution in [0, 0.1) is 0 Å². The van der Waals surface area contributed by atoms with Crippen LogP contribution >= 0.6 is 0 Å². The summed E-state index contributed by atoms with van der Waals surface area (Å²) in [5, 5.41) is 10.4. The molecule has 0 aliphatic carbocycles. The number of aliphatic hydroxyl groups is 1. The Bertz CT molecular complexity index is 545. The van der Waals surface area contributed by atoms with Crippen molar-refractivity contribution < 1.29 is 24.0 Å². The highest BCUT2D eigenvalue weighted by molar-refractivity contribution is 6.51. The van der Waals surface area contributed by atoms with Crippen molar-refractivity contribution in [3.63, 3.8) is 0 Å². The zero-order valence-corrected chi connectivity index (χ0v) is 13.1. The van der Waals surface area contributed by atoms with E-state index in [1.165, 1.54) is 4.90 Å². The second kappa shape index (κ2) is 7.94. The summed E-state index contributed by atoms with van der Waals surface area (Å²) in [6.07, 6.45) is 0.962. The van der Waals surface area contributed by atoms with Gasteiger partial charge < -0.3 is 14.4 Å². The van der Waals surface area contributed by atoms with E-state index in [9.17, 15) is 14.7 Å². The van der Waals surface area contributed by atoms with Crippen LogP contribution in [0.15, 0.2) is 43.0 Å². The van der Waals surface area contributed by atoms with Gasteiger partial charge in [0.05, 0.1) is 25.0 Å². The van der Waals surface area contributed by atoms with Crippen LogP contribution in [-0.4, -0.2) is 55.3 Å². The van der Waals surface area contributed by atoms with E-state index in [1.54, 1.807) is 25.3 Å². The van der Waals surface area contributed by atoms with E-state index in [0.29, 0.717) is 0 Å². The Morgan fingerprint density at radius 2 is 1.83 bits per heavy atom. The number of carbonyl (C=O) groups is 2. The van der Waals surface area contributed by atoms with Gasteiger partial charge in [-0.05, 0) is 19.0 Å². The number of carbonyl (C=O) groups excluding carboxylic acids is 2. The van der Waals surface area contributed by atoms with Gasteiger partial charge in [-0.2, -0.15) is 0 Å². The maximum Gasteiger partial charge on any atom is 0.609 e. The molecule has 1 aromatic carbocycles. The summed E-state index contributed by atoms with van der Waals surface area (Å²) in [5.74, 6) is -1.68. The van der Waals surface area contributed by atoms with Gasteiger partial charge in [0, 0.05) is 0 Å². The first kappa shape index (κ1) is 17.2. The van der Waals surface area contributed by atoms with Crippen LogP contribution in [0.1, 0.15) is 17.8 Å². The highest BCUT2D eigenvalue weighted by Crippen LogP contribution is 2.27. The molecule has 7 heteroatoms. The largest absolute Gasteiger partial charge is 0.609 e. The summed E-state index contributed by atoms with van der Waals surface area (Å²) in [4.78, 5) is 25.4. The fourth-order valence-electron chi connectivity index (χ4n) is 2.55. The van der Waals surface area contributed by atoms with E-state index >= 15 is 0 Å². The highest BCUT2D eigenvalue weighted by atomic mass is 16.6. The molecule has 122 valence electrons. The maximum atomic E-state index is 11.9. The van der Waals surface area contributed by atoms with Crippen LogP contribution in [0.25, 0.3) is 0 Å². The fraction of sp³-hybridized carbons (Fsp3) is 0.375. The number of benzene rings is 1. The molecule has 0 bridgehead atoms. The lowest BCUT2D eigenvalue weighted by Gasteiger charge is -2.29. The topological polar surface area (TPSA) is 76.1 Å². The lowest BCUT2D eigenvalue weighted by atomic mass is 9.64. The molecule has 0 spiro atoms. The van der Waals surface area contributed by atoms with Crippen molar-refractivity contribution in [3.05, 3.63) is 48.6 Å². The molecule has 1 aliphatic rings. The summed E-state index contributed by atoms with van der Waals surface area (Å²) in [5.41, 5.74) is 0.723. The highest BCUT2D eigenvalue weighted by Gasteiger charge is 2.44. The van der Waals surface area contributed by atoms with E-state index in [1.807, 2.05) is 18.2 Å². The zero-order valence-electron chi connectivity index (χ0n) is 13.1. The third kappa shape index (κ3) is 4.68. The average Bonchev–Trinajstić information content (AvgIpc) is 2.46. The van der Waals surface area contributed by atoms with Crippen LogP contribution in [-0.2, 0) is 18.9 Å². The first-order valence-electron chi connectivity index (χ1n) is 7.42. The average molecular weight is 317 g/mol. The molecule has 6 nitrogen and oxygen atoms in total. The summed E-state index contributed by atoms with van der Waals surface area (Å²) in [7, 11) is 0.463. The molecule has 2 rings (SSSR count). The first-order chi connectivity index (χ1) is 11.0. The van der Waals surface area contributed by atoms with Gasteiger partial charge in [-0.3, -0.25) is 14.5 Å². The fourth-order valence-corrected chi connectivity index (χ4v) is 2.55. The standard InChI is InChI=1S/C16H20BNO5/c1-3-7-13(19)16(12-8-5-4-6-9-12)17-22-14(20)10-18(2)11-15(21)23-17/h3-6,8-9,13,16,19H,1,7,10-11H2,2H3/t13-,16-/m1/s1. The van der Waals surface area contributed by atoms with Crippen LogP contribution in [0.2, 0.25) is 0 Å². The second-order valence-electron chi connectivity index (χ2n) is 5.55. The molecular formula is C16H20BNO5. The van der Waals surface area contributed by atoms with Gasteiger partial charge in [-0.1, -0.05) is 36.4 Å². The molecule has 0 amide bonds. The Balaban J connectivity index is 2.30. The first-order valence-corrected chi connectivity index (χ1v) is 7.42. The summed E-state index contributed by atoms with van der Waals surface area (Å²) in [6, 6.07) is 9.05. The maximum absolute atomic E-state index is 11.9. The molecule has 1 heterocycles. The predicted molar refractivity (Wildman–Crippen MR) is 85.4 cm³/mol. The minimum Gasteiger partial charge on any atom is -0.498 e. The van der Waals surface area contributed by atoms with Crippen molar-refractivity contribution in [3.8, 4) is 0 Å². The normalized spacial score (nSPS) is 19.1. The number of rotatable bonds is 5. The Kier molecular flexibility index (Phi) is 5.95. The van der Waals surface area contributed by atoms with E-state index in [4.69, 9.17) is 9.31 Å². The minimum absolute atomic E-state index is 0.00926. The minimum atomic E-state index is -1.17. The van der Waals surface area contributed by atoms with Gasteiger partial charge in [0.25, 0.3) is 0 Å². The van der Waals surface area contributed by atoms with E-state index in [0.717, 1.165) is 5.56 Å². The molecule has 0 aromatic heterocycles. The van der Waals surface area contributed by atoms with Crippen molar-refractivity contribution in [2.45, 2.75) is 18.3 Å². The van der Waals surface area contributed by atoms with Crippen molar-refractivity contribution in [1.29, 1.82) is 0 Å². The number of hydrogen-bond donors (Lipinski definition) is 1. The number of aliphatic hydroxyl groups excluding tert-OH is 1. The molecule has 0 radical (unpaired) electrons. The Hall–Kier alpha value is -2.12. The molecule has 1 saturated heterocycles. The van der Waals surface area contributed by atoms with Crippen LogP contribution in [0.4, 0.5) is 0 Å². The number of hydrogen-bond acceptors (Lipinski definition) is 6. The van der Waals surface area contributed by atoms with Gasteiger partial charge in [0.15, 0.2) is 0 Å². The van der Waals surface area contributed by atoms with E-state index < -0.39 is 31.0 Å². The Labute approximate surface area is 135 Å². The van der Waals surface area contributed by atoms with Gasteiger partial charge in [0.1, 0.15) is 0 Å². The number of likely N-dealkylation sites (N-methyl/N-ethyl adjacent to an activating group) is 1. The van der Waals surface area contributed by atoms with Gasteiger partial charge in [-0.15, -0.1) is 6.58 Å². The predicted octanol–water partition coefficient (Wildman–Crippen LogP) is 0.766. The molecule has 2 atom stereocenters. The zero-order chi connectivity index (χ0) is 16.8. The molecular weight excluding hydrogens is 297 g/mol. The van der Waals surface area contributed by atoms with Crippen molar-refractivity contribution in [2.24, 2.45) is 0 Å².